The van der Waals surface area contributed by atoms with Crippen LogP contribution in [0.5, 0.6) is 46.0 Å². The molecule has 0 heterocycles. The van der Waals surface area contributed by atoms with Gasteiger partial charge >= 0.3 is 11.4 Å². The van der Waals surface area contributed by atoms with Crippen molar-refractivity contribution >= 4 is 22.7 Å². The Labute approximate surface area is 294 Å². The van der Waals surface area contributed by atoms with Crippen molar-refractivity contribution in [1.29, 1.82) is 0 Å². The molecule has 0 spiro atoms. The predicted octanol–water partition coefficient (Wildman–Crippen LogP) is 6.27. The quantitative estimate of drug-likeness (QED) is 0.0561. The summed E-state index contributed by atoms with van der Waals surface area (Å²) in [6, 6.07) is 9.48. The Hall–Kier alpha value is -7.12. The normalized spacial score (nSPS) is 9.92. The summed E-state index contributed by atoms with van der Waals surface area (Å²) in [7, 11) is 0. The zero-order chi connectivity index (χ0) is 40.0. The second kappa shape index (κ2) is 19.2. The highest BCUT2D eigenvalue weighted by Gasteiger charge is 2.20. The summed E-state index contributed by atoms with van der Waals surface area (Å²) in [6.07, 6.45) is 1.94. The van der Waals surface area contributed by atoms with E-state index < -0.39 is 65.6 Å². The van der Waals surface area contributed by atoms with Crippen LogP contribution in [0.2, 0.25) is 0 Å². The van der Waals surface area contributed by atoms with Gasteiger partial charge in [-0.05, 0) is 55.0 Å². The lowest BCUT2D eigenvalue weighted by molar-refractivity contribution is -0.386. The number of nitrogens with zero attached hydrogens (tertiary/aromatic N) is 4. The minimum absolute atomic E-state index is 0.169. The molecule has 0 aromatic heterocycles. The van der Waals surface area contributed by atoms with Crippen LogP contribution in [0.15, 0.2) is 48.5 Å². The molecule has 20 nitrogen and oxygen atoms in total. The van der Waals surface area contributed by atoms with Crippen molar-refractivity contribution in [3.05, 3.63) is 111 Å². The molecule has 0 aliphatic carbocycles. The molecule has 0 amide bonds. The fourth-order valence-electron chi connectivity index (χ4n) is 4.15. The summed E-state index contributed by atoms with van der Waals surface area (Å²) in [5.74, 6) is -3.74. The van der Waals surface area contributed by atoms with Gasteiger partial charge in [0, 0.05) is 29.3 Å². The van der Waals surface area contributed by atoms with Crippen LogP contribution in [0, 0.1) is 40.5 Å². The van der Waals surface area contributed by atoms with Gasteiger partial charge in [0.25, 0.3) is 11.4 Å². The van der Waals surface area contributed by atoms with Crippen LogP contribution in [0.1, 0.15) is 49.9 Å². The van der Waals surface area contributed by atoms with E-state index in [2.05, 4.69) is 0 Å². The SMILES string of the molecule is CCc1cc(O)c(O)c([N+](=O)[O-])c1.CCc1cc(O)c(O)cc1[N+](=O)[O-].CCc1cc([N+](=O)[O-])cc(O)c1O.CCc1ccc([N+](=O)[O-])c(O)c1O. The Balaban J connectivity index is 0.000000347. The highest BCUT2D eigenvalue weighted by molar-refractivity contribution is 5.58. The van der Waals surface area contributed by atoms with Gasteiger partial charge in [0.2, 0.25) is 11.5 Å². The summed E-state index contributed by atoms with van der Waals surface area (Å²) in [5.41, 5.74) is 0.550. The van der Waals surface area contributed by atoms with E-state index in [1.165, 1.54) is 36.4 Å². The highest BCUT2D eigenvalue weighted by Crippen LogP contribution is 2.38. The molecule has 0 radical (unpaired) electrons. The highest BCUT2D eigenvalue weighted by atomic mass is 16.6. The Morgan fingerprint density at radius 1 is 0.423 bits per heavy atom. The number of hydrogen-bond acceptors (Lipinski definition) is 16. The van der Waals surface area contributed by atoms with Crippen molar-refractivity contribution in [2.24, 2.45) is 0 Å². The van der Waals surface area contributed by atoms with Gasteiger partial charge in [0.05, 0.1) is 31.8 Å². The van der Waals surface area contributed by atoms with Gasteiger partial charge in [-0.1, -0.05) is 27.7 Å². The van der Waals surface area contributed by atoms with Crippen molar-refractivity contribution in [1.82, 2.24) is 0 Å². The van der Waals surface area contributed by atoms with Gasteiger partial charge in [-0.25, -0.2) is 0 Å². The molecular weight excluding hydrogens is 696 g/mol. The number of nitro groups is 4. The van der Waals surface area contributed by atoms with Crippen molar-refractivity contribution in [3.63, 3.8) is 0 Å². The molecule has 0 saturated heterocycles. The largest absolute Gasteiger partial charge is 0.504 e. The van der Waals surface area contributed by atoms with E-state index in [9.17, 15) is 55.8 Å². The van der Waals surface area contributed by atoms with Crippen LogP contribution in [-0.2, 0) is 25.7 Å². The maximum absolute atomic E-state index is 10.5. The van der Waals surface area contributed by atoms with Crippen LogP contribution >= 0.6 is 0 Å². The number of phenolic OH excluding ortho intramolecular Hbond substituents is 8. The van der Waals surface area contributed by atoms with Crippen molar-refractivity contribution in [2.75, 3.05) is 0 Å². The Kier molecular flexibility index (Phi) is 15.8. The third-order valence-corrected chi connectivity index (χ3v) is 7.02. The molecule has 4 aromatic carbocycles. The summed E-state index contributed by atoms with van der Waals surface area (Å²) in [4.78, 5) is 38.8. The van der Waals surface area contributed by atoms with Crippen molar-refractivity contribution < 1.29 is 60.5 Å². The molecule has 0 unspecified atom stereocenters. The monoisotopic (exact) mass is 732 g/mol. The fourth-order valence-corrected chi connectivity index (χ4v) is 4.15. The number of benzene rings is 4. The van der Waals surface area contributed by atoms with E-state index in [0.29, 0.717) is 47.9 Å². The van der Waals surface area contributed by atoms with Crippen LogP contribution in [0.25, 0.3) is 0 Å². The molecule has 4 rings (SSSR count). The van der Waals surface area contributed by atoms with Gasteiger partial charge in [0.15, 0.2) is 34.5 Å². The minimum Gasteiger partial charge on any atom is -0.504 e. The summed E-state index contributed by atoms with van der Waals surface area (Å²) in [6.45, 7) is 7.05. The average Bonchev–Trinajstić information content (AvgIpc) is 3.09. The van der Waals surface area contributed by atoms with Gasteiger partial charge in [-0.2, -0.15) is 0 Å². The average molecular weight is 733 g/mol. The number of aryl methyl sites for hydroxylation is 4. The first-order valence-electron chi connectivity index (χ1n) is 15.0. The van der Waals surface area contributed by atoms with E-state index >= 15 is 0 Å². The number of aromatic hydroxyl groups is 8. The van der Waals surface area contributed by atoms with Gasteiger partial charge in [0.1, 0.15) is 0 Å². The van der Waals surface area contributed by atoms with Crippen molar-refractivity contribution in [3.8, 4) is 46.0 Å². The van der Waals surface area contributed by atoms with E-state index in [1.807, 2.05) is 0 Å². The van der Waals surface area contributed by atoms with E-state index in [0.717, 1.165) is 12.1 Å². The van der Waals surface area contributed by atoms with Gasteiger partial charge < -0.3 is 40.9 Å². The first-order valence-corrected chi connectivity index (χ1v) is 15.0. The third kappa shape index (κ3) is 11.2. The zero-order valence-corrected chi connectivity index (χ0v) is 28.1. The van der Waals surface area contributed by atoms with Crippen molar-refractivity contribution in [2.45, 2.75) is 53.4 Å². The Morgan fingerprint density at radius 2 is 0.923 bits per heavy atom. The smallest absolute Gasteiger partial charge is 0.314 e. The molecular formula is C32H36N4O16. The zero-order valence-electron chi connectivity index (χ0n) is 28.1. The van der Waals surface area contributed by atoms with E-state index in [1.54, 1.807) is 27.7 Å². The first-order chi connectivity index (χ1) is 24.2. The molecule has 52 heavy (non-hydrogen) atoms. The molecule has 0 saturated carbocycles. The lowest BCUT2D eigenvalue weighted by Gasteiger charge is -2.03. The summed E-state index contributed by atoms with van der Waals surface area (Å²) >= 11 is 0. The maximum Gasteiger partial charge on any atom is 0.314 e. The number of nitro benzene ring substituents is 4. The topological polar surface area (TPSA) is 334 Å². The number of rotatable bonds is 8. The summed E-state index contributed by atoms with van der Waals surface area (Å²) in [5, 5.41) is 115. The Morgan fingerprint density at radius 3 is 1.38 bits per heavy atom. The van der Waals surface area contributed by atoms with Crippen LogP contribution in [0.3, 0.4) is 0 Å². The Bertz CT molecular complexity index is 1950. The standard InChI is InChI=1S/4C8H9NO4/c1-2-5-3-7(10)8(11)4-6(5)9(12)13;1-2-5-3-6(9(12)13)4-7(10)8(5)11;1-2-5-3-6(9(12)13)8(11)7(10)4-5;1-2-5-3-4-6(9(12)13)8(11)7(5)10/h4*3-4,10-11H,2H2,1H3. The molecule has 0 bridgehead atoms. The molecule has 0 aliphatic rings. The lowest BCUT2D eigenvalue weighted by Crippen LogP contribution is -1.93. The molecule has 0 aliphatic heterocycles. The fraction of sp³-hybridized carbons (Fsp3) is 0.250. The second-order valence-electron chi connectivity index (χ2n) is 10.3. The molecule has 4 aromatic rings. The van der Waals surface area contributed by atoms with E-state index in [4.69, 9.17) is 25.5 Å². The lowest BCUT2D eigenvalue weighted by atomic mass is 10.1. The van der Waals surface area contributed by atoms with Crippen LogP contribution < -0.4 is 0 Å². The molecule has 20 heteroatoms. The minimum atomic E-state index is -0.742. The molecule has 0 fully saturated rings. The first kappa shape index (κ1) is 42.9. The second-order valence-corrected chi connectivity index (χ2v) is 10.3. The molecule has 0 atom stereocenters. The number of hydrogen-bond donors (Lipinski definition) is 8. The van der Waals surface area contributed by atoms with Crippen LogP contribution in [-0.4, -0.2) is 60.5 Å². The van der Waals surface area contributed by atoms with Crippen LogP contribution in [0.4, 0.5) is 22.7 Å². The molecule has 8 N–H and O–H groups in total. The van der Waals surface area contributed by atoms with Gasteiger partial charge in [-0.3, -0.25) is 40.5 Å². The summed E-state index contributed by atoms with van der Waals surface area (Å²) < 4.78 is 0. The van der Waals surface area contributed by atoms with Gasteiger partial charge in [-0.15, -0.1) is 0 Å². The third-order valence-electron chi connectivity index (χ3n) is 7.02. The number of non-ortho nitro benzene ring substituents is 1. The van der Waals surface area contributed by atoms with E-state index in [-0.39, 0.29) is 22.9 Å². The molecule has 280 valence electrons. The predicted molar refractivity (Wildman–Crippen MR) is 183 cm³/mol. The maximum atomic E-state index is 10.5. The number of phenols is 8.